The monoisotopic (exact) mass is 199 g/mol. The molecule has 0 radical (unpaired) electrons. The van der Waals surface area contributed by atoms with Crippen molar-refractivity contribution in [1.82, 2.24) is 4.90 Å². The van der Waals surface area contributed by atoms with Gasteiger partial charge in [0.1, 0.15) is 0 Å². The average molecular weight is 199 g/mol. The van der Waals surface area contributed by atoms with Gasteiger partial charge in [0.15, 0.2) is 0 Å². The zero-order chi connectivity index (χ0) is 9.80. The Hall–Kier alpha value is -0.120. The van der Waals surface area contributed by atoms with Gasteiger partial charge in [-0.25, -0.2) is 0 Å². The first-order valence-electron chi connectivity index (χ1n) is 5.81. The molecule has 0 aromatic rings. The third-order valence-corrected chi connectivity index (χ3v) is 3.65. The molecular weight excluding hydrogens is 178 g/mol. The van der Waals surface area contributed by atoms with Crippen molar-refractivity contribution in [3.05, 3.63) is 0 Å². The van der Waals surface area contributed by atoms with Crippen molar-refractivity contribution in [2.24, 2.45) is 11.8 Å². The van der Waals surface area contributed by atoms with E-state index in [2.05, 4.69) is 4.90 Å². The predicted octanol–water partition coefficient (Wildman–Crippen LogP) is 0.727. The number of aliphatic hydroxyl groups is 1. The van der Waals surface area contributed by atoms with Crippen LogP contribution in [0.2, 0.25) is 0 Å². The molecule has 1 aliphatic heterocycles. The molecule has 0 spiro atoms. The third-order valence-electron chi connectivity index (χ3n) is 3.65. The summed E-state index contributed by atoms with van der Waals surface area (Å²) in [5.41, 5.74) is 0. The van der Waals surface area contributed by atoms with Crippen molar-refractivity contribution in [1.29, 1.82) is 0 Å². The quantitative estimate of drug-likeness (QED) is 0.727. The highest BCUT2D eigenvalue weighted by atomic mass is 16.5. The lowest BCUT2D eigenvalue weighted by atomic mass is 9.96. The Balaban J connectivity index is 1.77. The number of nitrogens with zero attached hydrogens (tertiary/aromatic N) is 1. The van der Waals surface area contributed by atoms with Crippen LogP contribution in [0, 0.1) is 11.8 Å². The Morgan fingerprint density at radius 1 is 1.14 bits per heavy atom. The molecule has 0 amide bonds. The van der Waals surface area contributed by atoms with Crippen LogP contribution in [0.4, 0.5) is 0 Å². The van der Waals surface area contributed by atoms with Gasteiger partial charge in [-0.2, -0.15) is 0 Å². The van der Waals surface area contributed by atoms with Gasteiger partial charge in [-0.05, 0) is 24.7 Å². The number of aliphatic hydroxyl groups excluding tert-OH is 1. The fourth-order valence-corrected chi connectivity index (χ4v) is 2.71. The lowest BCUT2D eigenvalue weighted by molar-refractivity contribution is 0.0252. The van der Waals surface area contributed by atoms with Gasteiger partial charge in [0.2, 0.25) is 0 Å². The third kappa shape index (κ3) is 2.47. The Morgan fingerprint density at radius 2 is 1.86 bits per heavy atom. The fourth-order valence-electron chi connectivity index (χ4n) is 2.71. The summed E-state index contributed by atoms with van der Waals surface area (Å²) >= 11 is 0. The van der Waals surface area contributed by atoms with Crippen LogP contribution in [-0.2, 0) is 4.74 Å². The molecule has 3 nitrogen and oxygen atoms in total. The summed E-state index contributed by atoms with van der Waals surface area (Å²) in [6.45, 7) is 5.49. The second-order valence-corrected chi connectivity index (χ2v) is 4.55. The van der Waals surface area contributed by atoms with E-state index in [1.807, 2.05) is 0 Å². The van der Waals surface area contributed by atoms with Crippen molar-refractivity contribution >= 4 is 0 Å². The molecule has 82 valence electrons. The molecule has 14 heavy (non-hydrogen) atoms. The number of rotatable bonds is 3. The first-order chi connectivity index (χ1) is 6.90. The number of hydrogen-bond acceptors (Lipinski definition) is 3. The van der Waals surface area contributed by atoms with Gasteiger partial charge in [0.25, 0.3) is 0 Å². The zero-order valence-electron chi connectivity index (χ0n) is 8.82. The van der Waals surface area contributed by atoms with E-state index in [0.717, 1.165) is 32.2 Å². The predicted molar refractivity (Wildman–Crippen MR) is 55.2 cm³/mol. The lowest BCUT2D eigenvalue weighted by Crippen LogP contribution is -2.40. The molecule has 3 heteroatoms. The Kier molecular flexibility index (Phi) is 3.79. The van der Waals surface area contributed by atoms with Gasteiger partial charge in [-0.3, -0.25) is 4.90 Å². The molecule has 2 fully saturated rings. The molecule has 2 unspecified atom stereocenters. The molecule has 2 rings (SSSR count). The Morgan fingerprint density at radius 3 is 2.57 bits per heavy atom. The van der Waals surface area contributed by atoms with Gasteiger partial charge in [-0.1, -0.05) is 6.42 Å². The van der Waals surface area contributed by atoms with Crippen LogP contribution in [0.25, 0.3) is 0 Å². The molecule has 1 heterocycles. The largest absolute Gasteiger partial charge is 0.396 e. The van der Waals surface area contributed by atoms with E-state index in [1.165, 1.54) is 25.8 Å². The van der Waals surface area contributed by atoms with Crippen LogP contribution in [0.5, 0.6) is 0 Å². The molecule has 0 bridgehead atoms. The molecule has 0 aromatic carbocycles. The summed E-state index contributed by atoms with van der Waals surface area (Å²) in [6.07, 6.45) is 3.84. The number of morpholine rings is 1. The SMILES string of the molecule is OCC1CCCC1CN1CCOCC1. The molecule has 1 aliphatic carbocycles. The van der Waals surface area contributed by atoms with Crippen LogP contribution < -0.4 is 0 Å². The van der Waals surface area contributed by atoms with Gasteiger partial charge < -0.3 is 9.84 Å². The topological polar surface area (TPSA) is 32.7 Å². The standard InChI is InChI=1S/C11H21NO2/c13-9-11-3-1-2-10(11)8-12-4-6-14-7-5-12/h10-11,13H,1-9H2. The molecule has 0 aromatic heterocycles. The minimum Gasteiger partial charge on any atom is -0.396 e. The van der Waals surface area contributed by atoms with Crippen LogP contribution in [0.3, 0.4) is 0 Å². The van der Waals surface area contributed by atoms with E-state index in [1.54, 1.807) is 0 Å². The minimum atomic E-state index is 0.384. The van der Waals surface area contributed by atoms with Gasteiger partial charge in [0.05, 0.1) is 13.2 Å². The van der Waals surface area contributed by atoms with Crippen molar-refractivity contribution in [3.8, 4) is 0 Å². The Bertz CT molecular complexity index is 169. The highest BCUT2D eigenvalue weighted by molar-refractivity contribution is 4.80. The fraction of sp³-hybridized carbons (Fsp3) is 1.00. The average Bonchev–Trinajstić information content (AvgIpc) is 2.67. The van der Waals surface area contributed by atoms with Gasteiger partial charge in [-0.15, -0.1) is 0 Å². The number of ether oxygens (including phenoxy) is 1. The van der Waals surface area contributed by atoms with Gasteiger partial charge in [0, 0.05) is 26.2 Å². The molecule has 2 aliphatic rings. The van der Waals surface area contributed by atoms with E-state index in [-0.39, 0.29) is 0 Å². The highest BCUT2D eigenvalue weighted by Crippen LogP contribution is 2.31. The molecule has 1 saturated heterocycles. The molecular formula is C11H21NO2. The summed E-state index contributed by atoms with van der Waals surface area (Å²) in [5.74, 6) is 1.30. The van der Waals surface area contributed by atoms with Crippen LogP contribution in [-0.4, -0.2) is 49.5 Å². The first kappa shape index (κ1) is 10.4. The second-order valence-electron chi connectivity index (χ2n) is 4.55. The van der Waals surface area contributed by atoms with Crippen molar-refractivity contribution < 1.29 is 9.84 Å². The highest BCUT2D eigenvalue weighted by Gasteiger charge is 2.28. The van der Waals surface area contributed by atoms with Crippen LogP contribution in [0.1, 0.15) is 19.3 Å². The smallest absolute Gasteiger partial charge is 0.0594 e. The van der Waals surface area contributed by atoms with Gasteiger partial charge >= 0.3 is 0 Å². The summed E-state index contributed by atoms with van der Waals surface area (Å²) in [6, 6.07) is 0. The second kappa shape index (κ2) is 5.10. The summed E-state index contributed by atoms with van der Waals surface area (Å²) < 4.78 is 5.33. The van der Waals surface area contributed by atoms with E-state index in [0.29, 0.717) is 12.5 Å². The van der Waals surface area contributed by atoms with Crippen molar-refractivity contribution in [2.45, 2.75) is 19.3 Å². The first-order valence-corrected chi connectivity index (χ1v) is 5.81. The molecule has 2 atom stereocenters. The molecule has 1 saturated carbocycles. The van der Waals surface area contributed by atoms with Crippen LogP contribution >= 0.6 is 0 Å². The summed E-state index contributed by atoms with van der Waals surface area (Å²) in [7, 11) is 0. The maximum atomic E-state index is 9.22. The lowest BCUT2D eigenvalue weighted by Gasteiger charge is -2.30. The minimum absolute atomic E-state index is 0.384. The van der Waals surface area contributed by atoms with E-state index in [4.69, 9.17) is 4.74 Å². The van der Waals surface area contributed by atoms with E-state index >= 15 is 0 Å². The maximum absolute atomic E-state index is 9.22. The normalized spacial score (nSPS) is 34.9. The van der Waals surface area contributed by atoms with Crippen molar-refractivity contribution in [3.63, 3.8) is 0 Å². The van der Waals surface area contributed by atoms with E-state index < -0.39 is 0 Å². The Labute approximate surface area is 86.0 Å². The summed E-state index contributed by atoms with van der Waals surface area (Å²) in [4.78, 5) is 2.49. The molecule has 1 N–H and O–H groups in total. The van der Waals surface area contributed by atoms with Crippen molar-refractivity contribution in [2.75, 3.05) is 39.5 Å². The number of hydrogen-bond donors (Lipinski definition) is 1. The zero-order valence-corrected chi connectivity index (χ0v) is 8.82. The summed E-state index contributed by atoms with van der Waals surface area (Å²) in [5, 5.41) is 9.22. The van der Waals surface area contributed by atoms with Crippen LogP contribution in [0.15, 0.2) is 0 Å². The van der Waals surface area contributed by atoms with E-state index in [9.17, 15) is 5.11 Å². The maximum Gasteiger partial charge on any atom is 0.0594 e.